The van der Waals surface area contributed by atoms with E-state index in [0.29, 0.717) is 23.0 Å². The molecule has 7 heterocycles. The number of anilines is 1. The molecule has 11 nitrogen and oxygen atoms in total. The Kier molecular flexibility index (Phi) is 7.35. The number of carbonyl (C=O) groups is 2. The third-order valence-electron chi connectivity index (χ3n) is 11.4. The van der Waals surface area contributed by atoms with Crippen LogP contribution >= 0.6 is 27.5 Å². The van der Waals surface area contributed by atoms with Crippen molar-refractivity contribution in [3.63, 3.8) is 0 Å². The predicted octanol–water partition coefficient (Wildman–Crippen LogP) is 8.31. The molecule has 1 unspecified atom stereocenters. The standard InChI is InChI=1S/C41H35BrClN5O6/c1-16(2)30-38-46-32-35(54-38)41-24-11-18(10-19(37(51)45-30)12-27(49)33(50)17(3)4)8-9-28(24)52-40(41)47-31-22(13-20(42)14-25(31)41)21-6-5-7-26-29(21)23(15-44-26)34-36(43)48-39(32)53-34/h5-9,11,13-17,19,30,33,40,44,47,50H,10,12H2,1-4H3,(H,45,51)/t19-,30+,33+,40+,41?/m1/s1. The Morgan fingerprint density at radius 2 is 1.87 bits per heavy atom. The van der Waals surface area contributed by atoms with Gasteiger partial charge < -0.3 is 34.3 Å². The molecule has 1 spiro atoms. The first-order valence-corrected chi connectivity index (χ1v) is 19.3. The largest absolute Gasteiger partial charge is 0.469 e. The Morgan fingerprint density at radius 3 is 2.67 bits per heavy atom. The van der Waals surface area contributed by atoms with Gasteiger partial charge in [0.25, 0.3) is 5.89 Å². The van der Waals surface area contributed by atoms with Crippen molar-refractivity contribution in [3.8, 4) is 39.8 Å². The quantitative estimate of drug-likeness (QED) is 0.135. The Morgan fingerprint density at radius 1 is 1.04 bits per heavy atom. The van der Waals surface area contributed by atoms with Crippen molar-refractivity contribution in [2.45, 2.75) is 64.3 Å². The van der Waals surface area contributed by atoms with E-state index < -0.39 is 29.7 Å². The van der Waals surface area contributed by atoms with Gasteiger partial charge in [0.15, 0.2) is 34.4 Å². The molecule has 4 aliphatic rings. The van der Waals surface area contributed by atoms with Gasteiger partial charge >= 0.3 is 0 Å². The zero-order chi connectivity index (χ0) is 37.4. The third-order valence-corrected chi connectivity index (χ3v) is 12.1. The second-order valence-corrected chi connectivity index (χ2v) is 16.7. The van der Waals surface area contributed by atoms with Gasteiger partial charge in [-0.2, -0.15) is 4.98 Å². The zero-order valence-corrected chi connectivity index (χ0v) is 32.1. The average molecular weight is 809 g/mol. The van der Waals surface area contributed by atoms with Crippen LogP contribution in [-0.4, -0.2) is 44.1 Å². The Balaban J connectivity index is 1.30. The summed E-state index contributed by atoms with van der Waals surface area (Å²) in [6.45, 7) is 7.51. The second-order valence-electron chi connectivity index (χ2n) is 15.4. The molecule has 0 fully saturated rings. The smallest absolute Gasteiger partial charge is 0.250 e. The SMILES string of the molecule is CC(C)[C@H](O)C(=O)C[C@H]1Cc2ccc3c(c2)C24c5cc(Br)cc(c5N[C@H]2O3)-c2cccc3[nH]cc(c23)-c2oc(nc2Cl)-c2nc(oc24)[C@H](C(C)C)NC1=O. The number of nitrogens with zero attached hydrogens (tertiary/aromatic N) is 2. The van der Waals surface area contributed by atoms with Gasteiger partial charge in [0.2, 0.25) is 11.8 Å². The summed E-state index contributed by atoms with van der Waals surface area (Å²) >= 11 is 10.8. The summed E-state index contributed by atoms with van der Waals surface area (Å²) in [6.07, 6.45) is 0.117. The molecule has 10 rings (SSSR count). The summed E-state index contributed by atoms with van der Waals surface area (Å²) in [4.78, 5) is 40.9. The van der Waals surface area contributed by atoms with Crippen LogP contribution in [0.4, 0.5) is 5.69 Å². The lowest BCUT2D eigenvalue weighted by Crippen LogP contribution is -2.41. The third kappa shape index (κ3) is 4.62. The number of aromatic amines is 1. The van der Waals surface area contributed by atoms with Crippen molar-refractivity contribution in [1.82, 2.24) is 20.3 Å². The van der Waals surface area contributed by atoms with Gasteiger partial charge in [-0.3, -0.25) is 9.59 Å². The Hall–Kier alpha value is -4.91. The first kappa shape index (κ1) is 33.6. The number of rotatable bonds is 5. The van der Waals surface area contributed by atoms with Crippen LogP contribution in [0, 0.1) is 17.8 Å². The fourth-order valence-corrected chi connectivity index (χ4v) is 9.45. The molecule has 6 aromatic rings. The van der Waals surface area contributed by atoms with Crippen LogP contribution in [0.15, 0.2) is 68.0 Å². The van der Waals surface area contributed by atoms with Gasteiger partial charge in [0.05, 0.1) is 0 Å². The van der Waals surface area contributed by atoms with Crippen molar-refractivity contribution in [1.29, 1.82) is 0 Å². The van der Waals surface area contributed by atoms with E-state index in [2.05, 4.69) is 49.7 Å². The van der Waals surface area contributed by atoms with Gasteiger partial charge in [-0.1, -0.05) is 79.5 Å². The summed E-state index contributed by atoms with van der Waals surface area (Å²) in [5.74, 6) is -0.130. The molecule has 0 radical (unpaired) electrons. The highest BCUT2D eigenvalue weighted by molar-refractivity contribution is 9.10. The molecule has 4 N–H and O–H groups in total. The number of hydrogen-bond acceptors (Lipinski definition) is 9. The van der Waals surface area contributed by atoms with Gasteiger partial charge in [0.1, 0.15) is 23.3 Å². The molecule has 10 bridgehead atoms. The van der Waals surface area contributed by atoms with Crippen LogP contribution in [-0.2, 0) is 21.4 Å². The molecule has 0 saturated heterocycles. The summed E-state index contributed by atoms with van der Waals surface area (Å²) < 4.78 is 21.3. The summed E-state index contributed by atoms with van der Waals surface area (Å²) in [5.41, 5.74) is 6.08. The number of ketones is 1. The number of Topliss-reactive ketones (excluding diaryl/α,β-unsaturated/α-hetero) is 1. The number of aliphatic hydroxyl groups excluding tert-OH is 1. The fraction of sp³-hybridized carbons (Fsp3) is 0.317. The first-order valence-electron chi connectivity index (χ1n) is 18.1. The molecule has 4 aliphatic heterocycles. The lowest BCUT2D eigenvalue weighted by molar-refractivity contribution is -0.135. The fourth-order valence-electron chi connectivity index (χ4n) is 8.78. The number of oxazole rings is 2. The minimum Gasteiger partial charge on any atom is -0.469 e. The number of fused-ring (bicyclic) bond motifs is 7. The number of amides is 1. The van der Waals surface area contributed by atoms with Crippen molar-refractivity contribution in [2.75, 3.05) is 5.32 Å². The highest BCUT2D eigenvalue weighted by Crippen LogP contribution is 2.62. The van der Waals surface area contributed by atoms with Crippen molar-refractivity contribution >= 4 is 55.8 Å². The number of aliphatic hydroxyl groups is 1. The second kappa shape index (κ2) is 11.8. The van der Waals surface area contributed by atoms with Crippen molar-refractivity contribution < 1.29 is 28.3 Å². The lowest BCUT2D eigenvalue weighted by atomic mass is 9.72. The molecule has 0 aliphatic carbocycles. The van der Waals surface area contributed by atoms with E-state index in [1.807, 2.05) is 50.4 Å². The molecule has 13 heteroatoms. The lowest BCUT2D eigenvalue weighted by Gasteiger charge is -2.29. The van der Waals surface area contributed by atoms with E-state index in [9.17, 15) is 14.7 Å². The van der Waals surface area contributed by atoms with Crippen molar-refractivity contribution in [3.05, 3.63) is 92.7 Å². The summed E-state index contributed by atoms with van der Waals surface area (Å²) in [5, 5.41) is 18.7. The van der Waals surface area contributed by atoms with E-state index in [1.54, 1.807) is 13.8 Å². The number of benzene rings is 3. The number of halogens is 2. The van der Waals surface area contributed by atoms with E-state index in [4.69, 9.17) is 35.1 Å². The monoisotopic (exact) mass is 807 g/mol. The molecule has 3 aromatic heterocycles. The number of ether oxygens (including phenoxy) is 1. The number of hydrogen-bond donors (Lipinski definition) is 4. The summed E-state index contributed by atoms with van der Waals surface area (Å²) in [7, 11) is 0. The Labute approximate surface area is 323 Å². The van der Waals surface area contributed by atoms with E-state index in [0.717, 1.165) is 54.4 Å². The van der Waals surface area contributed by atoms with Crippen LogP contribution in [0.5, 0.6) is 5.75 Å². The maximum absolute atomic E-state index is 14.3. The number of H-pyrrole nitrogens is 1. The van der Waals surface area contributed by atoms with E-state index in [-0.39, 0.29) is 53.3 Å². The maximum Gasteiger partial charge on any atom is 0.250 e. The zero-order valence-electron chi connectivity index (χ0n) is 29.7. The molecule has 0 saturated carbocycles. The minimum absolute atomic E-state index is 0.135. The normalized spacial score (nSPS) is 22.3. The minimum atomic E-state index is -1.18. The molecule has 5 atom stereocenters. The predicted molar refractivity (Wildman–Crippen MR) is 205 cm³/mol. The van der Waals surface area contributed by atoms with Gasteiger partial charge in [-0.15, -0.1) is 0 Å². The topological polar surface area (TPSA) is 156 Å². The number of carbonyl (C=O) groups excluding carboxylic acids is 2. The molecular formula is C41H35BrClN5O6. The average Bonchev–Trinajstić information content (AvgIpc) is 3.95. The van der Waals surface area contributed by atoms with E-state index in [1.165, 1.54) is 0 Å². The van der Waals surface area contributed by atoms with Gasteiger partial charge in [-0.25, -0.2) is 4.98 Å². The van der Waals surface area contributed by atoms with Crippen LogP contribution < -0.4 is 15.4 Å². The molecule has 3 aromatic carbocycles. The molecule has 274 valence electrons. The van der Waals surface area contributed by atoms with Crippen molar-refractivity contribution in [2.24, 2.45) is 17.8 Å². The van der Waals surface area contributed by atoms with Crippen LogP contribution in [0.1, 0.15) is 68.5 Å². The highest BCUT2D eigenvalue weighted by Gasteiger charge is 2.62. The molecular weight excluding hydrogens is 774 g/mol. The molecule has 1 amide bonds. The van der Waals surface area contributed by atoms with Crippen LogP contribution in [0.2, 0.25) is 5.15 Å². The maximum atomic E-state index is 14.3. The van der Waals surface area contributed by atoms with Crippen LogP contribution in [0.3, 0.4) is 0 Å². The van der Waals surface area contributed by atoms with E-state index >= 15 is 0 Å². The number of nitrogens with one attached hydrogen (secondary N) is 3. The summed E-state index contributed by atoms with van der Waals surface area (Å²) in [6, 6.07) is 15.4. The van der Waals surface area contributed by atoms with Crippen LogP contribution in [0.25, 0.3) is 44.9 Å². The Bertz CT molecular complexity index is 2590. The van der Waals surface area contributed by atoms with Gasteiger partial charge in [0, 0.05) is 61.9 Å². The first-order chi connectivity index (χ1) is 25.9. The number of aromatic nitrogens is 3. The highest BCUT2D eigenvalue weighted by atomic mass is 79.9. The molecule has 54 heavy (non-hydrogen) atoms. The van der Waals surface area contributed by atoms with Gasteiger partial charge in [-0.05, 0) is 53.6 Å².